The van der Waals surface area contributed by atoms with Gasteiger partial charge >= 0.3 is 0 Å². The summed E-state index contributed by atoms with van der Waals surface area (Å²) in [6.45, 7) is 0.803. The fraction of sp³-hybridized carbons (Fsp3) is 0.261. The van der Waals surface area contributed by atoms with Crippen molar-refractivity contribution in [3.8, 4) is 5.75 Å². The molecule has 2 amide bonds. The molecule has 0 spiro atoms. The lowest BCUT2D eigenvalue weighted by Gasteiger charge is -2.23. The summed E-state index contributed by atoms with van der Waals surface area (Å²) in [6, 6.07) is 13.7. The third-order valence-corrected chi connectivity index (χ3v) is 5.42. The summed E-state index contributed by atoms with van der Waals surface area (Å²) in [5.74, 6) is 0.0411. The molecular weight excluding hydrogens is 415 g/mol. The third kappa shape index (κ3) is 4.47. The first-order chi connectivity index (χ1) is 15.4. The van der Waals surface area contributed by atoms with Crippen molar-refractivity contribution in [2.75, 3.05) is 18.6 Å². The Labute approximate surface area is 184 Å². The fourth-order valence-corrected chi connectivity index (χ4v) is 3.67. The number of amides is 2. The van der Waals surface area contributed by atoms with Gasteiger partial charge in [0, 0.05) is 19.0 Å². The summed E-state index contributed by atoms with van der Waals surface area (Å²) in [7, 11) is 1.77. The number of aromatic amines is 1. The van der Waals surface area contributed by atoms with Crippen LogP contribution in [0.15, 0.2) is 48.5 Å². The Morgan fingerprint density at radius 3 is 2.72 bits per heavy atom. The second-order valence-electron chi connectivity index (χ2n) is 7.47. The number of ether oxygens (including phenoxy) is 2. The molecule has 2 aliphatic heterocycles. The number of benzene rings is 2. The topological polar surface area (TPSA) is 111 Å². The molecule has 1 unspecified atom stereocenters. The van der Waals surface area contributed by atoms with E-state index in [-0.39, 0.29) is 23.5 Å². The first kappa shape index (κ1) is 21.5. The molecule has 1 aromatic heterocycles. The van der Waals surface area contributed by atoms with E-state index in [1.165, 1.54) is 12.1 Å². The van der Waals surface area contributed by atoms with Gasteiger partial charge in [-0.2, -0.15) is 5.10 Å². The Bertz CT molecular complexity index is 1130. The lowest BCUT2D eigenvalue weighted by Crippen LogP contribution is -2.24. The van der Waals surface area contributed by atoms with E-state index < -0.39 is 5.91 Å². The highest BCUT2D eigenvalue weighted by molar-refractivity contribution is 5.95. The molecule has 0 bridgehead atoms. The molecule has 166 valence electrons. The van der Waals surface area contributed by atoms with Gasteiger partial charge < -0.3 is 20.1 Å². The second-order valence-corrected chi connectivity index (χ2v) is 7.47. The SMILES string of the molecule is CN1C(=O)CCOc2ccccc21.NC(=O)c1n[nH]c2c1CC(c1ccc(F)cc1)OC2. The number of hydrogen-bond acceptors (Lipinski definition) is 5. The Hall–Kier alpha value is -3.72. The normalized spacial score (nSPS) is 17.2. The van der Waals surface area contributed by atoms with Gasteiger partial charge in [0.25, 0.3) is 5.91 Å². The van der Waals surface area contributed by atoms with E-state index in [9.17, 15) is 14.0 Å². The first-order valence-corrected chi connectivity index (χ1v) is 10.2. The van der Waals surface area contributed by atoms with Gasteiger partial charge in [0.15, 0.2) is 5.69 Å². The largest absolute Gasteiger partial charge is 0.491 e. The van der Waals surface area contributed by atoms with Crippen LogP contribution in [0.4, 0.5) is 10.1 Å². The van der Waals surface area contributed by atoms with E-state index in [4.69, 9.17) is 15.2 Å². The van der Waals surface area contributed by atoms with Crippen molar-refractivity contribution in [3.05, 3.63) is 76.9 Å². The number of nitrogens with two attached hydrogens (primary N) is 1. The van der Waals surface area contributed by atoms with Crippen molar-refractivity contribution in [2.45, 2.75) is 25.6 Å². The van der Waals surface area contributed by atoms with Gasteiger partial charge in [-0.1, -0.05) is 24.3 Å². The van der Waals surface area contributed by atoms with Crippen molar-refractivity contribution in [2.24, 2.45) is 5.73 Å². The van der Waals surface area contributed by atoms with E-state index in [0.29, 0.717) is 26.1 Å². The standard InChI is InChI=1S/C13H12FN3O2.C10H11NO2/c14-8-3-1-7(2-4-8)11-5-9-10(6-19-11)16-17-12(9)13(15)18;1-11-8-4-2-3-5-9(8)13-7-6-10(11)12/h1-4,11H,5-6H2,(H2,15,18)(H,16,17);2-5H,6-7H2,1H3. The van der Waals surface area contributed by atoms with Crippen LogP contribution in [-0.4, -0.2) is 35.7 Å². The zero-order valence-electron chi connectivity index (χ0n) is 17.5. The predicted octanol–water partition coefficient (Wildman–Crippen LogP) is 2.89. The summed E-state index contributed by atoms with van der Waals surface area (Å²) < 4.78 is 24.0. The number of hydrogen-bond donors (Lipinski definition) is 2. The maximum atomic E-state index is 12.9. The molecule has 0 saturated carbocycles. The van der Waals surface area contributed by atoms with Gasteiger partial charge in [-0.25, -0.2) is 4.39 Å². The molecular formula is C23H23FN4O4. The van der Waals surface area contributed by atoms with Crippen LogP contribution in [0, 0.1) is 5.82 Å². The third-order valence-electron chi connectivity index (χ3n) is 5.42. The summed E-state index contributed by atoms with van der Waals surface area (Å²) >= 11 is 0. The Morgan fingerprint density at radius 2 is 1.97 bits per heavy atom. The zero-order valence-corrected chi connectivity index (χ0v) is 17.5. The van der Waals surface area contributed by atoms with Crippen molar-refractivity contribution < 1.29 is 23.5 Å². The van der Waals surface area contributed by atoms with Gasteiger partial charge in [-0.05, 0) is 29.8 Å². The number of halogens is 1. The van der Waals surface area contributed by atoms with E-state index in [1.807, 2.05) is 24.3 Å². The van der Waals surface area contributed by atoms with Gasteiger partial charge in [-0.3, -0.25) is 14.7 Å². The maximum absolute atomic E-state index is 12.9. The van der Waals surface area contributed by atoms with Crippen LogP contribution in [0.25, 0.3) is 0 Å². The van der Waals surface area contributed by atoms with Crippen LogP contribution in [0.2, 0.25) is 0 Å². The number of nitrogens with zero attached hydrogens (tertiary/aromatic N) is 2. The number of nitrogens with one attached hydrogen (secondary N) is 1. The van der Waals surface area contributed by atoms with E-state index in [2.05, 4.69) is 10.2 Å². The van der Waals surface area contributed by atoms with E-state index >= 15 is 0 Å². The van der Waals surface area contributed by atoms with Crippen LogP contribution < -0.4 is 15.4 Å². The van der Waals surface area contributed by atoms with E-state index in [0.717, 1.165) is 28.3 Å². The maximum Gasteiger partial charge on any atom is 0.269 e. The predicted molar refractivity (Wildman–Crippen MR) is 115 cm³/mol. The first-order valence-electron chi connectivity index (χ1n) is 10.2. The van der Waals surface area contributed by atoms with Gasteiger partial charge in [0.2, 0.25) is 5.91 Å². The number of carbonyl (C=O) groups excluding carboxylic acids is 2. The van der Waals surface area contributed by atoms with Crippen molar-refractivity contribution in [3.63, 3.8) is 0 Å². The quantitative estimate of drug-likeness (QED) is 0.639. The van der Waals surface area contributed by atoms with Crippen LogP contribution in [0.3, 0.4) is 0 Å². The van der Waals surface area contributed by atoms with Crippen LogP contribution in [-0.2, 0) is 22.6 Å². The lowest BCUT2D eigenvalue weighted by atomic mass is 9.97. The number of primary amides is 1. The van der Waals surface area contributed by atoms with Crippen LogP contribution in [0.5, 0.6) is 5.75 Å². The summed E-state index contributed by atoms with van der Waals surface area (Å²) in [4.78, 5) is 24.3. The molecule has 2 aliphatic rings. The Balaban J connectivity index is 0.000000165. The minimum Gasteiger partial charge on any atom is -0.491 e. The molecule has 3 N–H and O–H groups in total. The van der Waals surface area contributed by atoms with Crippen molar-refractivity contribution >= 4 is 17.5 Å². The lowest BCUT2D eigenvalue weighted by molar-refractivity contribution is -0.118. The summed E-state index contributed by atoms with van der Waals surface area (Å²) in [5, 5.41) is 6.65. The molecule has 3 heterocycles. The molecule has 1 atom stereocenters. The molecule has 5 rings (SSSR count). The minimum atomic E-state index is -0.558. The number of anilines is 1. The van der Waals surface area contributed by atoms with Crippen molar-refractivity contribution in [1.82, 2.24) is 10.2 Å². The number of H-pyrrole nitrogens is 1. The minimum absolute atomic E-state index is 0.102. The smallest absolute Gasteiger partial charge is 0.269 e. The molecule has 9 heteroatoms. The van der Waals surface area contributed by atoms with Gasteiger partial charge in [0.05, 0.1) is 37.1 Å². The highest BCUT2D eigenvalue weighted by atomic mass is 19.1. The summed E-state index contributed by atoms with van der Waals surface area (Å²) in [6.07, 6.45) is 0.727. The molecule has 3 aromatic rings. The van der Waals surface area contributed by atoms with Crippen LogP contribution >= 0.6 is 0 Å². The molecule has 0 saturated heterocycles. The molecule has 2 aromatic carbocycles. The fourth-order valence-electron chi connectivity index (χ4n) is 3.67. The molecule has 0 radical (unpaired) electrons. The second kappa shape index (κ2) is 9.19. The number of para-hydroxylation sites is 2. The highest BCUT2D eigenvalue weighted by Crippen LogP contribution is 2.31. The zero-order chi connectivity index (χ0) is 22.7. The van der Waals surface area contributed by atoms with Gasteiger partial charge in [0.1, 0.15) is 11.6 Å². The average Bonchev–Trinajstić information content (AvgIpc) is 3.17. The van der Waals surface area contributed by atoms with Crippen LogP contribution in [0.1, 0.15) is 39.8 Å². The molecule has 8 nitrogen and oxygen atoms in total. The molecule has 32 heavy (non-hydrogen) atoms. The van der Waals surface area contributed by atoms with Gasteiger partial charge in [-0.15, -0.1) is 0 Å². The van der Waals surface area contributed by atoms with E-state index in [1.54, 1.807) is 24.1 Å². The number of rotatable bonds is 2. The average molecular weight is 438 g/mol. The Morgan fingerprint density at radius 1 is 1.22 bits per heavy atom. The molecule has 0 aliphatic carbocycles. The Kier molecular flexibility index (Phi) is 6.18. The number of aromatic nitrogens is 2. The number of fused-ring (bicyclic) bond motifs is 2. The van der Waals surface area contributed by atoms with Crippen molar-refractivity contribution in [1.29, 1.82) is 0 Å². The number of carbonyl (C=O) groups is 2. The summed E-state index contributed by atoms with van der Waals surface area (Å²) in [5.41, 5.74) is 8.80. The monoisotopic (exact) mass is 438 g/mol. The molecule has 0 fully saturated rings. The highest BCUT2D eigenvalue weighted by Gasteiger charge is 2.27.